The smallest absolute Gasteiger partial charge is 0.0540 e. The molecule has 1 aliphatic rings. The summed E-state index contributed by atoms with van der Waals surface area (Å²) >= 11 is 0. The highest BCUT2D eigenvalue weighted by Crippen LogP contribution is 2.52. The summed E-state index contributed by atoms with van der Waals surface area (Å²) in [5.41, 5.74) is 14.4. The van der Waals surface area contributed by atoms with Gasteiger partial charge in [0.1, 0.15) is 0 Å². The minimum absolute atomic E-state index is 0.211. The molecule has 2 heteroatoms. The lowest BCUT2D eigenvalue weighted by Gasteiger charge is -2.29. The van der Waals surface area contributed by atoms with E-state index in [4.69, 9.17) is 0 Å². The van der Waals surface area contributed by atoms with Gasteiger partial charge < -0.3 is 9.80 Å². The van der Waals surface area contributed by atoms with Crippen LogP contribution < -0.4 is 9.80 Å². The number of hydrogen-bond acceptors (Lipinski definition) is 2. The first-order valence-corrected chi connectivity index (χ1v) is 17.7. The third-order valence-corrected chi connectivity index (χ3v) is 10.4. The van der Waals surface area contributed by atoms with Gasteiger partial charge >= 0.3 is 0 Å². The van der Waals surface area contributed by atoms with Gasteiger partial charge in [0.15, 0.2) is 0 Å². The van der Waals surface area contributed by atoms with E-state index in [0.29, 0.717) is 0 Å². The molecule has 0 amide bonds. The number of rotatable bonds is 7. The molecule has 8 aromatic carbocycles. The molecule has 0 bridgehead atoms. The summed E-state index contributed by atoms with van der Waals surface area (Å²) in [6.07, 6.45) is 0. The first-order valence-electron chi connectivity index (χ1n) is 17.7. The maximum atomic E-state index is 2.42. The third kappa shape index (κ3) is 5.37. The van der Waals surface area contributed by atoms with Crippen molar-refractivity contribution in [3.8, 4) is 22.3 Å². The third-order valence-electron chi connectivity index (χ3n) is 10.4. The number of anilines is 6. The van der Waals surface area contributed by atoms with Gasteiger partial charge in [-0.2, -0.15) is 0 Å². The van der Waals surface area contributed by atoms with Gasteiger partial charge in [0, 0.05) is 39.2 Å². The summed E-state index contributed by atoms with van der Waals surface area (Å²) < 4.78 is 0. The summed E-state index contributed by atoms with van der Waals surface area (Å²) in [5.74, 6) is 0. The maximum absolute atomic E-state index is 2.42. The van der Waals surface area contributed by atoms with Crippen LogP contribution in [-0.2, 0) is 5.41 Å². The molecule has 0 saturated heterocycles. The Labute approximate surface area is 300 Å². The zero-order valence-electron chi connectivity index (χ0n) is 28.9. The number of benzene rings is 8. The molecule has 0 aliphatic heterocycles. The Kier molecular flexibility index (Phi) is 7.51. The van der Waals surface area contributed by atoms with E-state index in [-0.39, 0.29) is 5.41 Å². The van der Waals surface area contributed by atoms with Gasteiger partial charge in [0.25, 0.3) is 0 Å². The second-order valence-electron chi connectivity index (χ2n) is 13.8. The Morgan fingerprint density at radius 1 is 0.353 bits per heavy atom. The fourth-order valence-electron chi connectivity index (χ4n) is 7.86. The highest BCUT2D eigenvalue weighted by atomic mass is 15.1. The fraction of sp³-hybridized carbons (Fsp3) is 0.0612. The predicted molar refractivity (Wildman–Crippen MR) is 216 cm³/mol. The Bertz CT molecular complexity index is 2480. The molecular weight excluding hydrogens is 617 g/mol. The van der Waals surface area contributed by atoms with E-state index in [2.05, 4.69) is 218 Å². The predicted octanol–water partition coefficient (Wildman–Crippen LogP) is 13.8. The van der Waals surface area contributed by atoms with E-state index < -0.39 is 0 Å². The highest BCUT2D eigenvalue weighted by Gasteiger charge is 2.37. The number of para-hydroxylation sites is 2. The zero-order valence-corrected chi connectivity index (χ0v) is 28.9. The van der Waals surface area contributed by atoms with Gasteiger partial charge in [0.2, 0.25) is 0 Å². The van der Waals surface area contributed by atoms with E-state index in [0.717, 1.165) is 28.4 Å². The van der Waals surface area contributed by atoms with Crippen LogP contribution in [0.5, 0.6) is 0 Å². The quantitative estimate of drug-likeness (QED) is 0.169. The van der Waals surface area contributed by atoms with Gasteiger partial charge in [-0.05, 0) is 105 Å². The van der Waals surface area contributed by atoms with Crippen molar-refractivity contribution in [1.82, 2.24) is 0 Å². The molecule has 0 radical (unpaired) electrons. The first-order chi connectivity index (χ1) is 25.1. The summed E-state index contributed by atoms with van der Waals surface area (Å²) in [5, 5.41) is 2.46. The number of fused-ring (bicyclic) bond motifs is 4. The molecular formula is C49H38N2. The van der Waals surface area contributed by atoms with Crippen LogP contribution >= 0.6 is 0 Å². The first kappa shape index (κ1) is 30.7. The summed E-state index contributed by atoms with van der Waals surface area (Å²) in [6, 6.07) is 70.2. The molecule has 0 unspecified atom stereocenters. The SMILES string of the molecule is CC1(C)c2cc(N(c3ccccc3)c3ccc(-c4ccccc4)cc3)ccc2-c2ccc(N(c3ccccc3)c3cccc4ccccc34)cc21. The Morgan fingerprint density at radius 2 is 0.804 bits per heavy atom. The van der Waals surface area contributed by atoms with Crippen LogP contribution in [0.15, 0.2) is 194 Å². The van der Waals surface area contributed by atoms with Crippen LogP contribution in [0.1, 0.15) is 25.0 Å². The van der Waals surface area contributed by atoms with Crippen LogP contribution in [0.2, 0.25) is 0 Å². The zero-order chi connectivity index (χ0) is 34.4. The Hall–Kier alpha value is -6.38. The van der Waals surface area contributed by atoms with Crippen molar-refractivity contribution in [2.45, 2.75) is 19.3 Å². The van der Waals surface area contributed by atoms with Crippen LogP contribution in [0.4, 0.5) is 34.1 Å². The van der Waals surface area contributed by atoms with Crippen LogP contribution in [0.25, 0.3) is 33.0 Å². The van der Waals surface area contributed by atoms with Gasteiger partial charge in [-0.1, -0.05) is 141 Å². The van der Waals surface area contributed by atoms with Crippen molar-refractivity contribution < 1.29 is 0 Å². The molecule has 51 heavy (non-hydrogen) atoms. The Balaban J connectivity index is 1.14. The van der Waals surface area contributed by atoms with E-state index in [1.165, 1.54) is 49.8 Å². The van der Waals surface area contributed by atoms with E-state index in [9.17, 15) is 0 Å². The van der Waals surface area contributed by atoms with E-state index in [1.54, 1.807) is 0 Å². The van der Waals surface area contributed by atoms with Crippen molar-refractivity contribution in [1.29, 1.82) is 0 Å². The monoisotopic (exact) mass is 654 g/mol. The minimum Gasteiger partial charge on any atom is -0.310 e. The second kappa shape index (κ2) is 12.5. The summed E-state index contributed by atoms with van der Waals surface area (Å²) in [4.78, 5) is 4.78. The largest absolute Gasteiger partial charge is 0.310 e. The molecule has 9 rings (SSSR count). The molecule has 0 aromatic heterocycles. The van der Waals surface area contributed by atoms with Gasteiger partial charge in [-0.25, -0.2) is 0 Å². The molecule has 0 atom stereocenters. The normalized spacial score (nSPS) is 12.7. The Morgan fingerprint density at radius 3 is 1.43 bits per heavy atom. The van der Waals surface area contributed by atoms with Crippen molar-refractivity contribution in [2.24, 2.45) is 0 Å². The molecule has 0 heterocycles. The average molecular weight is 655 g/mol. The fourth-order valence-corrected chi connectivity index (χ4v) is 7.86. The molecule has 8 aromatic rings. The molecule has 0 saturated carbocycles. The second-order valence-corrected chi connectivity index (χ2v) is 13.8. The number of nitrogens with zero attached hydrogens (tertiary/aromatic N) is 2. The number of hydrogen-bond donors (Lipinski definition) is 0. The summed E-state index contributed by atoms with van der Waals surface area (Å²) in [6.45, 7) is 4.75. The molecule has 1 aliphatic carbocycles. The van der Waals surface area contributed by atoms with Crippen molar-refractivity contribution in [2.75, 3.05) is 9.80 Å². The topological polar surface area (TPSA) is 6.48 Å². The lowest BCUT2D eigenvalue weighted by Crippen LogP contribution is -2.17. The van der Waals surface area contributed by atoms with Gasteiger partial charge in [-0.15, -0.1) is 0 Å². The van der Waals surface area contributed by atoms with Crippen molar-refractivity contribution in [3.63, 3.8) is 0 Å². The van der Waals surface area contributed by atoms with Crippen molar-refractivity contribution in [3.05, 3.63) is 205 Å². The van der Waals surface area contributed by atoms with Crippen molar-refractivity contribution >= 4 is 44.9 Å². The van der Waals surface area contributed by atoms with Gasteiger partial charge in [0.05, 0.1) is 5.69 Å². The molecule has 0 fully saturated rings. The molecule has 0 N–H and O–H groups in total. The lowest BCUT2D eigenvalue weighted by molar-refractivity contribution is 0.660. The molecule has 0 spiro atoms. The average Bonchev–Trinajstić information content (AvgIpc) is 3.41. The van der Waals surface area contributed by atoms with Crippen LogP contribution in [0, 0.1) is 0 Å². The molecule has 244 valence electrons. The lowest BCUT2D eigenvalue weighted by atomic mass is 9.82. The van der Waals surface area contributed by atoms with E-state index in [1.807, 2.05) is 0 Å². The standard InChI is InChI=1S/C49H38N2/c1-49(2)46-33-41(50(38-19-8-4-9-20-38)40-27-25-36(26-28-40)35-15-6-3-7-16-35)29-31-44(46)45-32-30-42(34-47(45)49)51(39-21-10-5-11-22-39)48-24-14-18-37-17-12-13-23-43(37)48/h3-34H,1-2H3. The minimum atomic E-state index is -0.211. The summed E-state index contributed by atoms with van der Waals surface area (Å²) in [7, 11) is 0. The highest BCUT2D eigenvalue weighted by molar-refractivity contribution is 5.99. The van der Waals surface area contributed by atoms with Crippen LogP contribution in [0.3, 0.4) is 0 Å². The van der Waals surface area contributed by atoms with Crippen LogP contribution in [-0.4, -0.2) is 0 Å². The maximum Gasteiger partial charge on any atom is 0.0540 e. The molecule has 2 nitrogen and oxygen atoms in total. The van der Waals surface area contributed by atoms with E-state index >= 15 is 0 Å². The van der Waals surface area contributed by atoms with Gasteiger partial charge in [-0.3, -0.25) is 0 Å².